The molecule has 116 valence electrons. The zero-order valence-corrected chi connectivity index (χ0v) is 14.2. The number of halogens is 1. The van der Waals surface area contributed by atoms with Crippen molar-refractivity contribution in [3.63, 3.8) is 0 Å². The molecule has 2 rings (SSSR count). The van der Waals surface area contributed by atoms with Gasteiger partial charge in [0.2, 0.25) is 10.0 Å². The highest BCUT2D eigenvalue weighted by atomic mass is 79.9. The number of benzene rings is 1. The van der Waals surface area contributed by atoms with Crippen LogP contribution in [-0.4, -0.2) is 44.6 Å². The van der Waals surface area contributed by atoms with E-state index < -0.39 is 10.0 Å². The Hall–Kier alpha value is -0.730. The molecule has 0 unspecified atom stereocenters. The Morgan fingerprint density at radius 2 is 2.19 bits per heavy atom. The summed E-state index contributed by atoms with van der Waals surface area (Å²) in [4.78, 5) is 0.192. The predicted octanol–water partition coefficient (Wildman–Crippen LogP) is 1.91. The van der Waals surface area contributed by atoms with Gasteiger partial charge in [-0.05, 0) is 45.6 Å². The van der Waals surface area contributed by atoms with E-state index in [0.717, 1.165) is 5.57 Å². The molecule has 1 aromatic rings. The third-order valence-electron chi connectivity index (χ3n) is 3.39. The van der Waals surface area contributed by atoms with Crippen molar-refractivity contribution in [1.29, 1.82) is 0 Å². The maximum absolute atomic E-state index is 12.7. The van der Waals surface area contributed by atoms with E-state index in [-0.39, 0.29) is 11.5 Å². The summed E-state index contributed by atoms with van der Waals surface area (Å²) in [5.74, 6) is 0. The standard InChI is InChI=1S/C14H18BrNO4S/c1-20-10-11-4-6-16(7-5-11)21(18,19)14-8-12(9-17)2-3-13(14)15/h2-4,8,17H,5-7,9-10H2,1H3. The van der Waals surface area contributed by atoms with Crippen molar-refractivity contribution in [3.05, 3.63) is 39.9 Å². The number of hydrogen-bond acceptors (Lipinski definition) is 4. The van der Waals surface area contributed by atoms with Crippen molar-refractivity contribution in [2.75, 3.05) is 26.8 Å². The van der Waals surface area contributed by atoms with Crippen LogP contribution < -0.4 is 0 Å². The Kier molecular flexibility index (Phi) is 5.56. The van der Waals surface area contributed by atoms with Gasteiger partial charge in [0.1, 0.15) is 0 Å². The molecule has 5 nitrogen and oxygen atoms in total. The number of sulfonamides is 1. The first kappa shape index (κ1) is 16.6. The van der Waals surface area contributed by atoms with Gasteiger partial charge in [0, 0.05) is 24.7 Å². The van der Waals surface area contributed by atoms with Crippen LogP contribution in [0.15, 0.2) is 39.2 Å². The van der Waals surface area contributed by atoms with Crippen LogP contribution in [0.4, 0.5) is 0 Å². The quantitative estimate of drug-likeness (QED) is 0.798. The monoisotopic (exact) mass is 375 g/mol. The van der Waals surface area contributed by atoms with E-state index in [1.165, 1.54) is 10.4 Å². The summed E-state index contributed by atoms with van der Waals surface area (Å²) in [6.45, 7) is 1.13. The molecule has 0 amide bonds. The van der Waals surface area contributed by atoms with Crippen LogP contribution in [0.3, 0.4) is 0 Å². The van der Waals surface area contributed by atoms with E-state index in [0.29, 0.717) is 36.2 Å². The zero-order valence-electron chi connectivity index (χ0n) is 11.8. The smallest absolute Gasteiger partial charge is 0.244 e. The summed E-state index contributed by atoms with van der Waals surface area (Å²) in [5, 5.41) is 9.18. The average Bonchev–Trinajstić information content (AvgIpc) is 2.48. The van der Waals surface area contributed by atoms with Gasteiger partial charge in [0.15, 0.2) is 0 Å². The molecule has 0 spiro atoms. The molecule has 1 aliphatic heterocycles. The molecule has 7 heteroatoms. The van der Waals surface area contributed by atoms with Crippen molar-refractivity contribution in [3.8, 4) is 0 Å². The normalized spacial score (nSPS) is 16.8. The summed E-state index contributed by atoms with van der Waals surface area (Å²) < 4.78 is 32.4. The fourth-order valence-electron chi connectivity index (χ4n) is 2.21. The Balaban J connectivity index is 2.27. The SMILES string of the molecule is COCC1=CCN(S(=O)(=O)c2cc(CO)ccc2Br)CC1. The maximum Gasteiger partial charge on any atom is 0.244 e. The van der Waals surface area contributed by atoms with Crippen molar-refractivity contribution in [2.24, 2.45) is 0 Å². The highest BCUT2D eigenvalue weighted by molar-refractivity contribution is 9.10. The number of rotatable bonds is 5. The second-order valence-corrected chi connectivity index (χ2v) is 7.59. The first-order chi connectivity index (χ1) is 9.98. The van der Waals surface area contributed by atoms with Crippen molar-refractivity contribution < 1.29 is 18.3 Å². The Morgan fingerprint density at radius 3 is 2.76 bits per heavy atom. The lowest BCUT2D eigenvalue weighted by Gasteiger charge is -2.26. The van der Waals surface area contributed by atoms with Crippen molar-refractivity contribution >= 4 is 26.0 Å². The van der Waals surface area contributed by atoms with E-state index in [1.807, 2.05) is 6.08 Å². The van der Waals surface area contributed by atoms with E-state index in [9.17, 15) is 13.5 Å². The van der Waals surface area contributed by atoms with Gasteiger partial charge in [0.05, 0.1) is 18.1 Å². The van der Waals surface area contributed by atoms with E-state index in [4.69, 9.17) is 4.74 Å². The van der Waals surface area contributed by atoms with E-state index in [1.54, 1.807) is 19.2 Å². The molecular weight excluding hydrogens is 358 g/mol. The highest BCUT2D eigenvalue weighted by Gasteiger charge is 2.28. The molecule has 21 heavy (non-hydrogen) atoms. The fraction of sp³-hybridized carbons (Fsp3) is 0.429. The van der Waals surface area contributed by atoms with E-state index in [2.05, 4.69) is 15.9 Å². The number of methoxy groups -OCH3 is 1. The molecule has 0 aromatic heterocycles. The predicted molar refractivity (Wildman–Crippen MR) is 83.4 cm³/mol. The molecular formula is C14H18BrNO4S. The number of aliphatic hydroxyl groups excluding tert-OH is 1. The second kappa shape index (κ2) is 7.02. The number of hydrogen-bond donors (Lipinski definition) is 1. The second-order valence-electron chi connectivity index (χ2n) is 4.83. The largest absolute Gasteiger partial charge is 0.392 e. The Labute approximate surface area is 133 Å². The van der Waals surface area contributed by atoms with Gasteiger partial charge in [-0.1, -0.05) is 12.1 Å². The summed E-state index contributed by atoms with van der Waals surface area (Å²) in [6.07, 6.45) is 2.57. The topological polar surface area (TPSA) is 66.8 Å². The first-order valence-corrected chi connectivity index (χ1v) is 8.78. The van der Waals surface area contributed by atoms with Crippen LogP contribution in [-0.2, 0) is 21.4 Å². The molecule has 1 N–H and O–H groups in total. The zero-order chi connectivity index (χ0) is 15.5. The number of nitrogens with zero attached hydrogens (tertiary/aromatic N) is 1. The third kappa shape index (κ3) is 3.73. The van der Waals surface area contributed by atoms with Crippen molar-refractivity contribution in [2.45, 2.75) is 17.9 Å². The van der Waals surface area contributed by atoms with Crippen LogP contribution >= 0.6 is 15.9 Å². The summed E-state index contributed by atoms with van der Waals surface area (Å²) in [6, 6.07) is 4.85. The maximum atomic E-state index is 12.7. The summed E-state index contributed by atoms with van der Waals surface area (Å²) in [5.41, 5.74) is 1.69. The van der Waals surface area contributed by atoms with Gasteiger partial charge >= 0.3 is 0 Å². The molecule has 0 saturated carbocycles. The van der Waals surface area contributed by atoms with Gasteiger partial charge in [0.25, 0.3) is 0 Å². The van der Waals surface area contributed by atoms with Gasteiger partial charge in [-0.15, -0.1) is 0 Å². The van der Waals surface area contributed by atoms with Crippen LogP contribution in [0.5, 0.6) is 0 Å². The molecule has 1 aromatic carbocycles. The molecule has 0 aliphatic carbocycles. The lowest BCUT2D eigenvalue weighted by Crippen LogP contribution is -2.35. The minimum Gasteiger partial charge on any atom is -0.392 e. The van der Waals surface area contributed by atoms with Crippen LogP contribution in [0.25, 0.3) is 0 Å². The minimum absolute atomic E-state index is 0.187. The van der Waals surface area contributed by atoms with Crippen LogP contribution in [0, 0.1) is 0 Å². The average molecular weight is 376 g/mol. The summed E-state index contributed by atoms with van der Waals surface area (Å²) >= 11 is 3.28. The lowest BCUT2D eigenvalue weighted by atomic mass is 10.1. The van der Waals surface area contributed by atoms with Crippen LogP contribution in [0.2, 0.25) is 0 Å². The van der Waals surface area contributed by atoms with Crippen molar-refractivity contribution in [1.82, 2.24) is 4.31 Å². The molecule has 0 bridgehead atoms. The third-order valence-corrected chi connectivity index (χ3v) is 6.25. The first-order valence-electron chi connectivity index (χ1n) is 6.55. The molecule has 0 radical (unpaired) electrons. The van der Waals surface area contributed by atoms with Gasteiger partial charge in [-0.3, -0.25) is 0 Å². The molecule has 0 atom stereocenters. The summed E-state index contributed by atoms with van der Waals surface area (Å²) in [7, 11) is -1.95. The fourth-order valence-corrected chi connectivity index (χ4v) is 4.57. The molecule has 1 aliphatic rings. The molecule has 0 fully saturated rings. The minimum atomic E-state index is -3.57. The van der Waals surface area contributed by atoms with E-state index >= 15 is 0 Å². The Morgan fingerprint density at radius 1 is 1.43 bits per heavy atom. The molecule has 0 saturated heterocycles. The van der Waals surface area contributed by atoms with Gasteiger partial charge in [-0.2, -0.15) is 4.31 Å². The Bertz CT molecular complexity index is 642. The number of aliphatic hydroxyl groups is 1. The van der Waals surface area contributed by atoms with Crippen LogP contribution in [0.1, 0.15) is 12.0 Å². The number of ether oxygens (including phenoxy) is 1. The van der Waals surface area contributed by atoms with Gasteiger partial charge in [-0.25, -0.2) is 8.42 Å². The lowest BCUT2D eigenvalue weighted by molar-refractivity contribution is 0.219. The molecule has 1 heterocycles. The highest BCUT2D eigenvalue weighted by Crippen LogP contribution is 2.28. The van der Waals surface area contributed by atoms with Gasteiger partial charge < -0.3 is 9.84 Å².